The normalized spacial score (nSPS) is 22.6. The molecule has 4 rings (SSSR count). The topological polar surface area (TPSA) is 102 Å². The quantitative estimate of drug-likeness (QED) is 0.364. The summed E-state index contributed by atoms with van der Waals surface area (Å²) in [5, 5.41) is 17.5. The lowest BCUT2D eigenvalue weighted by Crippen LogP contribution is -2.64. The minimum atomic E-state index is -1.40. The van der Waals surface area contributed by atoms with Crippen molar-refractivity contribution in [2.75, 3.05) is 26.2 Å². The van der Waals surface area contributed by atoms with Crippen molar-refractivity contribution in [3.63, 3.8) is 0 Å². The molecule has 2 aliphatic heterocycles. The van der Waals surface area contributed by atoms with Crippen molar-refractivity contribution in [1.29, 1.82) is 0 Å². The summed E-state index contributed by atoms with van der Waals surface area (Å²) >= 11 is 0. The molecule has 0 spiro atoms. The summed E-state index contributed by atoms with van der Waals surface area (Å²) < 4.78 is 28.1. The second-order valence-corrected chi connectivity index (χ2v) is 11.1. The lowest BCUT2D eigenvalue weighted by molar-refractivity contribution is -0.141. The number of aliphatic hydroxyl groups is 1. The zero-order chi connectivity index (χ0) is 29.5. The van der Waals surface area contributed by atoms with Crippen LogP contribution in [-0.4, -0.2) is 77.0 Å². The zero-order valence-corrected chi connectivity index (χ0v) is 23.7. The highest BCUT2D eigenvalue weighted by Gasteiger charge is 2.45. The highest BCUT2D eigenvalue weighted by atomic mass is 19.1. The van der Waals surface area contributed by atoms with Crippen LogP contribution in [-0.2, 0) is 27.3 Å². The van der Waals surface area contributed by atoms with Gasteiger partial charge in [0.2, 0.25) is 17.7 Å². The van der Waals surface area contributed by atoms with E-state index >= 15 is 0 Å². The largest absolute Gasteiger partial charge is 0.389 e. The molecule has 2 heterocycles. The van der Waals surface area contributed by atoms with Gasteiger partial charge >= 0.3 is 0 Å². The Morgan fingerprint density at radius 2 is 1.73 bits per heavy atom. The predicted molar refractivity (Wildman–Crippen MR) is 150 cm³/mol. The zero-order valence-electron chi connectivity index (χ0n) is 23.7. The van der Waals surface area contributed by atoms with Gasteiger partial charge in [0.1, 0.15) is 17.7 Å². The van der Waals surface area contributed by atoms with Crippen molar-refractivity contribution in [3.05, 3.63) is 71.3 Å². The lowest BCUT2D eigenvalue weighted by Gasteiger charge is -2.38. The Morgan fingerprint density at radius 3 is 2.39 bits per heavy atom. The van der Waals surface area contributed by atoms with Crippen molar-refractivity contribution in [3.8, 4) is 0 Å². The second kappa shape index (κ2) is 14.0. The molecule has 0 bridgehead atoms. The third-order valence-corrected chi connectivity index (χ3v) is 7.96. The van der Waals surface area contributed by atoms with E-state index in [0.717, 1.165) is 36.6 Å². The summed E-state index contributed by atoms with van der Waals surface area (Å²) in [6.45, 7) is 5.98. The predicted octanol–water partition coefficient (Wildman–Crippen LogP) is 2.64. The summed E-state index contributed by atoms with van der Waals surface area (Å²) in [6, 6.07) is 10.5. The summed E-state index contributed by atoms with van der Waals surface area (Å²) in [5.74, 6) is -3.46. The molecular weight excluding hydrogens is 530 g/mol. The minimum Gasteiger partial charge on any atom is -0.389 e. The van der Waals surface area contributed by atoms with Gasteiger partial charge in [-0.3, -0.25) is 14.4 Å². The van der Waals surface area contributed by atoms with Crippen molar-refractivity contribution in [2.24, 2.45) is 11.8 Å². The first-order chi connectivity index (χ1) is 19.7. The van der Waals surface area contributed by atoms with E-state index in [0.29, 0.717) is 32.6 Å². The lowest BCUT2D eigenvalue weighted by atomic mass is 9.89. The average molecular weight is 571 g/mol. The van der Waals surface area contributed by atoms with Crippen molar-refractivity contribution >= 4 is 17.7 Å². The summed E-state index contributed by atoms with van der Waals surface area (Å²) in [5.41, 5.74) is 1.18. The van der Waals surface area contributed by atoms with E-state index in [9.17, 15) is 28.3 Å². The Hall–Kier alpha value is -3.37. The number of hydrogen-bond acceptors (Lipinski definition) is 5. The molecular formula is C31H40F2N4O4. The van der Waals surface area contributed by atoms with Crippen LogP contribution in [0.3, 0.4) is 0 Å². The average Bonchev–Trinajstić information content (AvgIpc) is 3.24. The fourth-order valence-corrected chi connectivity index (χ4v) is 5.97. The van der Waals surface area contributed by atoms with Crippen molar-refractivity contribution in [2.45, 2.75) is 64.3 Å². The van der Waals surface area contributed by atoms with Crippen LogP contribution in [0.4, 0.5) is 8.78 Å². The first-order valence-electron chi connectivity index (χ1n) is 14.5. The molecule has 0 aromatic heterocycles. The Balaban J connectivity index is 1.57. The van der Waals surface area contributed by atoms with E-state index in [1.54, 1.807) is 9.80 Å². The van der Waals surface area contributed by atoms with Gasteiger partial charge in [0.05, 0.1) is 24.0 Å². The number of aliphatic hydroxyl groups excluding tert-OH is 1. The van der Waals surface area contributed by atoms with Crippen molar-refractivity contribution < 1.29 is 28.3 Å². The minimum absolute atomic E-state index is 0.0566. The van der Waals surface area contributed by atoms with Crippen LogP contribution in [0.1, 0.15) is 44.2 Å². The van der Waals surface area contributed by atoms with Crippen LogP contribution < -0.4 is 10.6 Å². The molecule has 2 aromatic rings. The number of halogens is 2. The number of nitrogens with one attached hydrogen (secondary N) is 2. The van der Waals surface area contributed by atoms with Crippen LogP contribution in [0, 0.1) is 23.5 Å². The van der Waals surface area contributed by atoms with Crippen LogP contribution >= 0.6 is 0 Å². The molecule has 41 heavy (non-hydrogen) atoms. The molecule has 0 saturated carbocycles. The number of benzene rings is 2. The van der Waals surface area contributed by atoms with Gasteiger partial charge in [0, 0.05) is 38.8 Å². The smallest absolute Gasteiger partial charge is 0.242 e. The molecule has 2 aromatic carbocycles. The van der Waals surface area contributed by atoms with Crippen LogP contribution in [0.15, 0.2) is 48.5 Å². The third-order valence-electron chi connectivity index (χ3n) is 7.96. The van der Waals surface area contributed by atoms with E-state index in [-0.39, 0.29) is 30.3 Å². The highest BCUT2D eigenvalue weighted by molar-refractivity contribution is 5.91. The van der Waals surface area contributed by atoms with Gasteiger partial charge < -0.3 is 25.5 Å². The molecule has 2 fully saturated rings. The first-order valence-corrected chi connectivity index (χ1v) is 14.5. The van der Waals surface area contributed by atoms with Crippen LogP contribution in [0.2, 0.25) is 0 Å². The van der Waals surface area contributed by atoms with Gasteiger partial charge in [-0.25, -0.2) is 8.78 Å². The van der Waals surface area contributed by atoms with E-state index in [2.05, 4.69) is 10.6 Å². The fraction of sp³-hybridized carbons (Fsp3) is 0.516. The van der Waals surface area contributed by atoms with E-state index < -0.39 is 47.6 Å². The maximum Gasteiger partial charge on any atom is 0.242 e. The van der Waals surface area contributed by atoms with E-state index in [1.807, 2.05) is 44.2 Å². The fourth-order valence-electron chi connectivity index (χ4n) is 5.97. The van der Waals surface area contributed by atoms with Crippen molar-refractivity contribution in [1.82, 2.24) is 20.4 Å². The summed E-state index contributed by atoms with van der Waals surface area (Å²) in [7, 11) is 0. The number of carbonyl (C=O) groups is 3. The molecule has 2 aliphatic rings. The monoisotopic (exact) mass is 570 g/mol. The number of rotatable bonds is 12. The number of carbonyl (C=O) groups excluding carboxylic acids is 3. The number of amides is 3. The number of likely N-dealkylation sites (tertiary alicyclic amines) is 1. The maximum atomic E-state index is 14.1. The van der Waals surface area contributed by atoms with Gasteiger partial charge in [0.25, 0.3) is 0 Å². The molecule has 2 unspecified atom stereocenters. The molecule has 222 valence electrons. The second-order valence-electron chi connectivity index (χ2n) is 11.1. The van der Waals surface area contributed by atoms with Gasteiger partial charge in [0.15, 0.2) is 0 Å². The Bertz CT molecular complexity index is 1190. The Morgan fingerprint density at radius 1 is 1.02 bits per heavy atom. The molecule has 8 nitrogen and oxygen atoms in total. The SMILES string of the molecule is CCCC1C(=O)N(CCC)CC1C(=O)N[C@@H](Cc1cc(F)cc(F)c1)[C@H](O)[C@@H]1NCCN(Cc2ccccc2)C1=O. The van der Waals surface area contributed by atoms with Gasteiger partial charge in [-0.2, -0.15) is 0 Å². The van der Waals surface area contributed by atoms with E-state index in [1.165, 1.54) is 0 Å². The number of piperazine rings is 1. The van der Waals surface area contributed by atoms with E-state index in [4.69, 9.17) is 0 Å². The molecule has 5 atom stereocenters. The molecule has 0 aliphatic carbocycles. The standard InChI is InChI=1S/C31H40F2N4O4/c1-3-8-24-25(19-36(12-4-2)30(24)40)29(39)35-26(16-21-14-22(32)17-23(33)15-21)28(38)27-31(41)37(13-11-34-27)18-20-9-6-5-7-10-20/h5-7,9-10,14-15,17,24-28,34,38H,3-4,8,11-13,16,18-19H2,1-2H3,(H,35,39)/t24?,25?,26-,27-,28-/m0/s1. The maximum absolute atomic E-state index is 14.1. The number of hydrogen-bond donors (Lipinski definition) is 3. The van der Waals surface area contributed by atoms with Crippen LogP contribution in [0.25, 0.3) is 0 Å². The summed E-state index contributed by atoms with van der Waals surface area (Å²) in [6.07, 6.45) is 0.539. The molecule has 0 radical (unpaired) electrons. The molecule has 3 N–H and O–H groups in total. The molecule has 10 heteroatoms. The van der Waals surface area contributed by atoms with Crippen LogP contribution in [0.5, 0.6) is 0 Å². The van der Waals surface area contributed by atoms with Gasteiger partial charge in [-0.05, 0) is 42.5 Å². The molecule has 2 saturated heterocycles. The highest BCUT2D eigenvalue weighted by Crippen LogP contribution is 2.30. The number of nitrogens with zero attached hydrogens (tertiary/aromatic N) is 2. The van der Waals surface area contributed by atoms with Gasteiger partial charge in [-0.15, -0.1) is 0 Å². The first kappa shape index (κ1) is 30.6. The molecule has 3 amide bonds. The van der Waals surface area contributed by atoms with Gasteiger partial charge in [-0.1, -0.05) is 50.6 Å². The third kappa shape index (κ3) is 7.48. The Kier molecular flexibility index (Phi) is 10.4. The summed E-state index contributed by atoms with van der Waals surface area (Å²) in [4.78, 5) is 43.5. The Labute approximate surface area is 240 Å².